The van der Waals surface area contributed by atoms with Crippen molar-refractivity contribution in [1.82, 2.24) is 4.37 Å². The maximum atomic E-state index is 13.2. The van der Waals surface area contributed by atoms with Crippen molar-refractivity contribution in [3.05, 3.63) is 75.1 Å². The highest BCUT2D eigenvalue weighted by Crippen LogP contribution is 2.35. The monoisotopic (exact) mass is 416 g/mol. The van der Waals surface area contributed by atoms with Crippen LogP contribution in [0.15, 0.2) is 57.7 Å². The number of nitrogens with zero attached hydrogens (tertiary/aromatic N) is 1. The number of benzene rings is 2. The molecule has 2 heterocycles. The number of hydrogen-bond acceptors (Lipinski definition) is 5. The Morgan fingerprint density at radius 1 is 1.00 bits per heavy atom. The van der Waals surface area contributed by atoms with E-state index in [0.717, 1.165) is 27.4 Å². The summed E-state index contributed by atoms with van der Waals surface area (Å²) in [5, 5.41) is 2.96. The van der Waals surface area contributed by atoms with Gasteiger partial charge in [0.15, 0.2) is 0 Å². The molecule has 2 aromatic carbocycles. The number of alkyl halides is 3. The van der Waals surface area contributed by atoms with Gasteiger partial charge >= 0.3 is 11.8 Å². The molecule has 0 radical (unpaired) electrons. The quantitative estimate of drug-likeness (QED) is 0.399. The Hall–Kier alpha value is -3.13. The van der Waals surface area contributed by atoms with Crippen molar-refractivity contribution in [2.45, 2.75) is 20.0 Å². The van der Waals surface area contributed by atoms with Crippen molar-refractivity contribution in [2.75, 3.05) is 5.32 Å². The Balaban J connectivity index is 1.65. The highest BCUT2D eigenvalue weighted by atomic mass is 32.1. The summed E-state index contributed by atoms with van der Waals surface area (Å²) >= 11 is 1.46. The van der Waals surface area contributed by atoms with Crippen LogP contribution < -0.4 is 10.9 Å². The first-order valence-electron chi connectivity index (χ1n) is 8.68. The molecule has 1 N–H and O–H groups in total. The summed E-state index contributed by atoms with van der Waals surface area (Å²) in [4.78, 5) is 12.7. The van der Waals surface area contributed by atoms with Gasteiger partial charge in [0, 0.05) is 39.3 Å². The fraction of sp³-hybridized carbons (Fsp3) is 0.143. The number of fused-ring (bicyclic) bond motifs is 1. The second kappa shape index (κ2) is 7.04. The van der Waals surface area contributed by atoms with Gasteiger partial charge in [-0.1, -0.05) is 12.1 Å². The average molecular weight is 416 g/mol. The first-order chi connectivity index (χ1) is 13.7. The fourth-order valence-corrected chi connectivity index (χ4v) is 3.98. The van der Waals surface area contributed by atoms with Crippen molar-refractivity contribution >= 4 is 33.9 Å². The smallest absolute Gasteiger partial charge is 0.417 e. The van der Waals surface area contributed by atoms with Crippen LogP contribution in [0.25, 0.3) is 22.1 Å². The van der Waals surface area contributed by atoms with Gasteiger partial charge in [0.05, 0.1) is 11.3 Å². The minimum absolute atomic E-state index is 0.123. The molecule has 0 unspecified atom stereocenters. The fourth-order valence-electron chi connectivity index (χ4n) is 3.26. The third kappa shape index (κ3) is 3.75. The predicted octanol–water partition coefficient (Wildman–Crippen LogP) is 6.30. The number of aryl methyl sites for hydroxylation is 2. The second-order valence-electron chi connectivity index (χ2n) is 6.59. The molecule has 0 fully saturated rings. The topological polar surface area (TPSA) is 55.1 Å². The lowest BCUT2D eigenvalue weighted by Gasteiger charge is -2.11. The Bertz CT molecular complexity index is 1240. The Morgan fingerprint density at radius 3 is 2.31 bits per heavy atom. The van der Waals surface area contributed by atoms with Crippen LogP contribution >= 0.6 is 11.5 Å². The Labute approximate surface area is 167 Å². The minimum atomic E-state index is -4.63. The van der Waals surface area contributed by atoms with Gasteiger partial charge in [-0.3, -0.25) is 0 Å². The SMILES string of the molecule is Cc1nsc(C)c1-c1ccc(Nc2ccc3c(C(F)(F)F)cc(=O)oc3c2)cc1. The zero-order valence-corrected chi connectivity index (χ0v) is 16.2. The van der Waals surface area contributed by atoms with Crippen LogP contribution in [-0.4, -0.2) is 4.37 Å². The van der Waals surface area contributed by atoms with Gasteiger partial charge in [0.2, 0.25) is 0 Å². The molecule has 148 valence electrons. The van der Waals surface area contributed by atoms with E-state index in [-0.39, 0.29) is 11.0 Å². The summed E-state index contributed by atoms with van der Waals surface area (Å²) in [6, 6.07) is 12.3. The number of aromatic nitrogens is 1. The van der Waals surface area contributed by atoms with E-state index in [1.165, 1.54) is 29.7 Å². The van der Waals surface area contributed by atoms with Gasteiger partial charge in [0.25, 0.3) is 0 Å². The van der Waals surface area contributed by atoms with Gasteiger partial charge in [0.1, 0.15) is 5.58 Å². The van der Waals surface area contributed by atoms with Crippen LogP contribution in [0.2, 0.25) is 0 Å². The number of hydrogen-bond donors (Lipinski definition) is 1. The average Bonchev–Trinajstić information content (AvgIpc) is 2.99. The molecular weight excluding hydrogens is 401 g/mol. The maximum absolute atomic E-state index is 13.2. The number of rotatable bonds is 3. The van der Waals surface area contributed by atoms with Crippen LogP contribution in [-0.2, 0) is 6.18 Å². The molecule has 29 heavy (non-hydrogen) atoms. The van der Waals surface area contributed by atoms with Crippen LogP contribution in [0.1, 0.15) is 16.1 Å². The van der Waals surface area contributed by atoms with Gasteiger partial charge in [-0.2, -0.15) is 17.5 Å². The van der Waals surface area contributed by atoms with Gasteiger partial charge in [-0.05, 0) is 55.2 Å². The Kier molecular flexibility index (Phi) is 4.66. The largest absolute Gasteiger partial charge is 0.423 e. The van der Waals surface area contributed by atoms with Crippen LogP contribution in [0.3, 0.4) is 0 Å². The maximum Gasteiger partial charge on any atom is 0.417 e. The lowest BCUT2D eigenvalue weighted by molar-refractivity contribution is -0.136. The zero-order chi connectivity index (χ0) is 20.8. The summed E-state index contributed by atoms with van der Waals surface area (Å²) in [6.45, 7) is 3.98. The number of nitrogens with one attached hydrogen (secondary N) is 1. The van der Waals surface area contributed by atoms with E-state index in [2.05, 4.69) is 9.69 Å². The molecule has 4 aromatic rings. The second-order valence-corrected chi connectivity index (χ2v) is 7.57. The first-order valence-corrected chi connectivity index (χ1v) is 9.45. The van der Waals surface area contributed by atoms with E-state index in [1.807, 2.05) is 38.1 Å². The van der Waals surface area contributed by atoms with E-state index in [1.54, 1.807) is 0 Å². The van der Waals surface area contributed by atoms with Crippen molar-refractivity contribution in [3.8, 4) is 11.1 Å². The van der Waals surface area contributed by atoms with Crippen LogP contribution in [0.4, 0.5) is 24.5 Å². The van der Waals surface area contributed by atoms with Crippen molar-refractivity contribution in [2.24, 2.45) is 0 Å². The molecule has 4 rings (SSSR count). The summed E-state index contributed by atoms with van der Waals surface area (Å²) < 4.78 is 48.8. The van der Waals surface area contributed by atoms with Gasteiger partial charge in [-0.15, -0.1) is 0 Å². The molecule has 0 aliphatic heterocycles. The Morgan fingerprint density at radius 2 is 1.69 bits per heavy atom. The van der Waals surface area contributed by atoms with Crippen molar-refractivity contribution in [1.29, 1.82) is 0 Å². The van der Waals surface area contributed by atoms with Crippen LogP contribution in [0.5, 0.6) is 0 Å². The molecular formula is C21H15F3N2O2S. The summed E-state index contributed by atoms with van der Waals surface area (Å²) in [6.07, 6.45) is -4.63. The highest BCUT2D eigenvalue weighted by Gasteiger charge is 2.33. The molecule has 0 atom stereocenters. The molecule has 2 aromatic heterocycles. The van der Waals surface area contributed by atoms with E-state index in [9.17, 15) is 18.0 Å². The molecule has 0 bridgehead atoms. The predicted molar refractivity (Wildman–Crippen MR) is 108 cm³/mol. The van der Waals surface area contributed by atoms with Crippen molar-refractivity contribution in [3.63, 3.8) is 0 Å². The van der Waals surface area contributed by atoms with Gasteiger partial charge < -0.3 is 9.73 Å². The third-order valence-electron chi connectivity index (χ3n) is 4.55. The lowest BCUT2D eigenvalue weighted by atomic mass is 10.0. The lowest BCUT2D eigenvalue weighted by Crippen LogP contribution is -2.11. The third-order valence-corrected chi connectivity index (χ3v) is 5.39. The molecule has 8 heteroatoms. The van der Waals surface area contributed by atoms with Crippen LogP contribution in [0, 0.1) is 13.8 Å². The van der Waals surface area contributed by atoms with Gasteiger partial charge in [-0.25, -0.2) is 4.79 Å². The molecule has 4 nitrogen and oxygen atoms in total. The summed E-state index contributed by atoms with van der Waals surface area (Å²) in [7, 11) is 0. The summed E-state index contributed by atoms with van der Waals surface area (Å²) in [5.41, 5.74) is 2.21. The molecule has 0 amide bonds. The van der Waals surface area contributed by atoms with E-state index >= 15 is 0 Å². The molecule has 0 aliphatic carbocycles. The highest BCUT2D eigenvalue weighted by molar-refractivity contribution is 7.06. The van der Waals surface area contributed by atoms with Crippen molar-refractivity contribution < 1.29 is 17.6 Å². The minimum Gasteiger partial charge on any atom is -0.423 e. The number of anilines is 2. The van der Waals surface area contributed by atoms with E-state index in [0.29, 0.717) is 11.8 Å². The molecule has 0 saturated heterocycles. The summed E-state index contributed by atoms with van der Waals surface area (Å²) in [5.74, 6) is 0. The first kappa shape index (κ1) is 19.2. The molecule has 0 saturated carbocycles. The molecule has 0 aliphatic rings. The van der Waals surface area contributed by atoms with E-state index in [4.69, 9.17) is 4.42 Å². The normalized spacial score (nSPS) is 11.8. The standard InChI is InChI=1S/C21H15F3N2O2S/c1-11-20(12(2)29-26-11)13-3-5-14(6-4-13)25-15-7-8-16-17(21(22,23)24)10-19(27)28-18(16)9-15/h3-10,25H,1-2H3. The number of halogens is 3. The van der Waals surface area contributed by atoms with E-state index < -0.39 is 17.4 Å². The molecule has 0 spiro atoms. The zero-order valence-electron chi connectivity index (χ0n) is 15.4.